The minimum atomic E-state index is 1.04. The molecule has 0 spiro atoms. The first-order chi connectivity index (χ1) is 5.70. The SMILES string of the molecule is Cc1cccnc1CCN(C)C. The summed E-state index contributed by atoms with van der Waals surface area (Å²) in [5.74, 6) is 0. The highest BCUT2D eigenvalue weighted by Crippen LogP contribution is 2.03. The number of hydrogen-bond donors (Lipinski definition) is 0. The predicted molar refractivity (Wildman–Crippen MR) is 51.2 cm³/mol. The third-order valence-corrected chi connectivity index (χ3v) is 1.91. The van der Waals surface area contributed by atoms with E-state index < -0.39 is 0 Å². The second kappa shape index (κ2) is 4.21. The summed E-state index contributed by atoms with van der Waals surface area (Å²) < 4.78 is 0. The summed E-state index contributed by atoms with van der Waals surface area (Å²) in [4.78, 5) is 6.50. The number of aryl methyl sites for hydroxylation is 1. The fraction of sp³-hybridized carbons (Fsp3) is 0.500. The van der Waals surface area contributed by atoms with Crippen molar-refractivity contribution in [1.29, 1.82) is 0 Å². The number of rotatable bonds is 3. The zero-order chi connectivity index (χ0) is 8.97. The minimum Gasteiger partial charge on any atom is -0.309 e. The van der Waals surface area contributed by atoms with Gasteiger partial charge in [-0.25, -0.2) is 0 Å². The Balaban J connectivity index is 2.57. The lowest BCUT2D eigenvalue weighted by molar-refractivity contribution is 0.411. The van der Waals surface area contributed by atoms with Gasteiger partial charge in [0.2, 0.25) is 0 Å². The molecule has 0 radical (unpaired) electrons. The van der Waals surface area contributed by atoms with Gasteiger partial charge in [0, 0.05) is 24.9 Å². The molecule has 0 aromatic carbocycles. The molecule has 0 atom stereocenters. The van der Waals surface area contributed by atoms with Gasteiger partial charge in [-0.1, -0.05) is 6.07 Å². The third-order valence-electron chi connectivity index (χ3n) is 1.91. The summed E-state index contributed by atoms with van der Waals surface area (Å²) in [6, 6.07) is 4.09. The molecule has 2 heteroatoms. The maximum absolute atomic E-state index is 4.32. The van der Waals surface area contributed by atoms with Crippen molar-refractivity contribution in [3.05, 3.63) is 29.6 Å². The topological polar surface area (TPSA) is 16.1 Å². The number of aromatic nitrogens is 1. The Morgan fingerprint density at radius 1 is 1.42 bits per heavy atom. The number of likely N-dealkylation sites (N-methyl/N-ethyl adjacent to an activating group) is 1. The number of nitrogens with zero attached hydrogens (tertiary/aromatic N) is 2. The van der Waals surface area contributed by atoms with E-state index in [0.717, 1.165) is 13.0 Å². The van der Waals surface area contributed by atoms with Gasteiger partial charge in [0.15, 0.2) is 0 Å². The van der Waals surface area contributed by atoms with Crippen LogP contribution in [0.25, 0.3) is 0 Å². The van der Waals surface area contributed by atoms with E-state index in [1.165, 1.54) is 11.3 Å². The molecule has 0 amide bonds. The van der Waals surface area contributed by atoms with E-state index in [0.29, 0.717) is 0 Å². The van der Waals surface area contributed by atoms with Crippen LogP contribution in [0.3, 0.4) is 0 Å². The molecule has 1 aromatic rings. The summed E-state index contributed by atoms with van der Waals surface area (Å²) in [6.45, 7) is 3.18. The first-order valence-electron chi connectivity index (χ1n) is 4.25. The maximum atomic E-state index is 4.32. The largest absolute Gasteiger partial charge is 0.309 e. The van der Waals surface area contributed by atoms with Gasteiger partial charge in [-0.2, -0.15) is 0 Å². The van der Waals surface area contributed by atoms with E-state index >= 15 is 0 Å². The Morgan fingerprint density at radius 2 is 2.17 bits per heavy atom. The molecule has 0 aliphatic heterocycles. The minimum absolute atomic E-state index is 1.04. The third kappa shape index (κ3) is 2.62. The van der Waals surface area contributed by atoms with Crippen LogP contribution in [-0.4, -0.2) is 30.5 Å². The Kier molecular flexibility index (Phi) is 3.23. The second-order valence-corrected chi connectivity index (χ2v) is 3.32. The molecule has 1 rings (SSSR count). The lowest BCUT2D eigenvalue weighted by Crippen LogP contribution is -2.16. The van der Waals surface area contributed by atoms with Gasteiger partial charge in [-0.3, -0.25) is 4.98 Å². The van der Waals surface area contributed by atoms with Crippen molar-refractivity contribution in [3.63, 3.8) is 0 Å². The van der Waals surface area contributed by atoms with Crippen LogP contribution < -0.4 is 0 Å². The molecule has 0 unspecified atom stereocenters. The molecular weight excluding hydrogens is 148 g/mol. The van der Waals surface area contributed by atoms with Gasteiger partial charge in [0.25, 0.3) is 0 Å². The molecule has 0 aliphatic rings. The van der Waals surface area contributed by atoms with Gasteiger partial charge in [0.1, 0.15) is 0 Å². The predicted octanol–water partition coefficient (Wildman–Crippen LogP) is 1.49. The Bertz CT molecular complexity index is 243. The molecule has 1 heterocycles. The van der Waals surface area contributed by atoms with Crippen LogP contribution >= 0.6 is 0 Å². The fourth-order valence-corrected chi connectivity index (χ4v) is 1.11. The Labute approximate surface area is 74.2 Å². The highest BCUT2D eigenvalue weighted by molar-refractivity contribution is 5.17. The molecule has 0 saturated heterocycles. The first-order valence-corrected chi connectivity index (χ1v) is 4.25. The fourth-order valence-electron chi connectivity index (χ4n) is 1.11. The van der Waals surface area contributed by atoms with E-state index in [9.17, 15) is 0 Å². The molecule has 0 fully saturated rings. The van der Waals surface area contributed by atoms with Crippen molar-refractivity contribution in [2.45, 2.75) is 13.3 Å². The van der Waals surface area contributed by atoms with Gasteiger partial charge in [-0.05, 0) is 32.6 Å². The van der Waals surface area contributed by atoms with E-state index in [2.05, 4.69) is 37.0 Å². The van der Waals surface area contributed by atoms with Crippen LogP contribution in [0.5, 0.6) is 0 Å². The van der Waals surface area contributed by atoms with Gasteiger partial charge >= 0.3 is 0 Å². The van der Waals surface area contributed by atoms with Crippen LogP contribution in [0.1, 0.15) is 11.3 Å². The molecule has 0 bridgehead atoms. The van der Waals surface area contributed by atoms with E-state index in [-0.39, 0.29) is 0 Å². The summed E-state index contributed by atoms with van der Waals surface area (Å²) in [5.41, 5.74) is 2.51. The van der Waals surface area contributed by atoms with E-state index in [4.69, 9.17) is 0 Å². The van der Waals surface area contributed by atoms with Crippen molar-refractivity contribution in [2.24, 2.45) is 0 Å². The van der Waals surface area contributed by atoms with Crippen molar-refractivity contribution in [3.8, 4) is 0 Å². The molecule has 2 nitrogen and oxygen atoms in total. The van der Waals surface area contributed by atoms with Crippen LogP contribution in [0.4, 0.5) is 0 Å². The molecule has 66 valence electrons. The highest BCUT2D eigenvalue weighted by atomic mass is 15.0. The first kappa shape index (κ1) is 9.20. The van der Waals surface area contributed by atoms with Gasteiger partial charge < -0.3 is 4.90 Å². The van der Waals surface area contributed by atoms with Crippen LogP contribution in [0, 0.1) is 6.92 Å². The molecule has 1 aromatic heterocycles. The zero-order valence-corrected chi connectivity index (χ0v) is 8.04. The van der Waals surface area contributed by atoms with Crippen molar-refractivity contribution in [2.75, 3.05) is 20.6 Å². The summed E-state index contributed by atoms with van der Waals surface area (Å²) in [6.07, 6.45) is 2.90. The lowest BCUT2D eigenvalue weighted by atomic mass is 10.1. The summed E-state index contributed by atoms with van der Waals surface area (Å²) in [7, 11) is 4.16. The summed E-state index contributed by atoms with van der Waals surface area (Å²) >= 11 is 0. The lowest BCUT2D eigenvalue weighted by Gasteiger charge is -2.09. The monoisotopic (exact) mass is 164 g/mol. The van der Waals surface area contributed by atoms with Crippen molar-refractivity contribution >= 4 is 0 Å². The number of pyridine rings is 1. The maximum Gasteiger partial charge on any atom is 0.0445 e. The van der Waals surface area contributed by atoms with E-state index in [1.54, 1.807) is 0 Å². The van der Waals surface area contributed by atoms with Crippen LogP contribution in [0.15, 0.2) is 18.3 Å². The van der Waals surface area contributed by atoms with Crippen LogP contribution in [-0.2, 0) is 6.42 Å². The average Bonchev–Trinajstić information content (AvgIpc) is 2.03. The molecule has 0 saturated carbocycles. The second-order valence-electron chi connectivity index (χ2n) is 3.32. The molecular formula is C10H16N2. The molecule has 12 heavy (non-hydrogen) atoms. The molecule has 0 aliphatic carbocycles. The van der Waals surface area contributed by atoms with Gasteiger partial charge in [-0.15, -0.1) is 0 Å². The summed E-state index contributed by atoms with van der Waals surface area (Å²) in [5, 5.41) is 0. The Hall–Kier alpha value is -0.890. The standard InChI is InChI=1S/C10H16N2/c1-9-5-4-7-11-10(9)6-8-12(2)3/h4-5,7H,6,8H2,1-3H3. The van der Waals surface area contributed by atoms with Crippen LogP contribution in [0.2, 0.25) is 0 Å². The number of hydrogen-bond acceptors (Lipinski definition) is 2. The Morgan fingerprint density at radius 3 is 2.75 bits per heavy atom. The molecule has 0 N–H and O–H groups in total. The average molecular weight is 164 g/mol. The smallest absolute Gasteiger partial charge is 0.0445 e. The zero-order valence-electron chi connectivity index (χ0n) is 8.04. The van der Waals surface area contributed by atoms with Crippen molar-refractivity contribution < 1.29 is 0 Å². The van der Waals surface area contributed by atoms with Gasteiger partial charge in [0.05, 0.1) is 0 Å². The van der Waals surface area contributed by atoms with Crippen molar-refractivity contribution in [1.82, 2.24) is 9.88 Å². The normalized spacial score (nSPS) is 10.7. The highest BCUT2D eigenvalue weighted by Gasteiger charge is 1.98. The van der Waals surface area contributed by atoms with E-state index in [1.807, 2.05) is 12.3 Å². The quantitative estimate of drug-likeness (QED) is 0.673.